The molecule has 0 spiro atoms. The van der Waals surface area contributed by atoms with Crippen LogP contribution in [0.4, 0.5) is 11.8 Å². The summed E-state index contributed by atoms with van der Waals surface area (Å²) in [6.45, 7) is 9.44. The number of aromatic nitrogens is 2. The normalized spacial score (nSPS) is 12.3. The second-order valence-electron chi connectivity index (χ2n) is 4.49. The highest BCUT2D eigenvalue weighted by Gasteiger charge is 2.11. The molecule has 0 amide bonds. The molecule has 1 rings (SSSR count). The van der Waals surface area contributed by atoms with E-state index < -0.39 is 0 Å². The third-order valence-electron chi connectivity index (χ3n) is 2.99. The Morgan fingerprint density at radius 1 is 1.35 bits per heavy atom. The molecule has 0 fully saturated rings. The maximum Gasteiger partial charge on any atom is 0.224 e. The van der Waals surface area contributed by atoms with Crippen molar-refractivity contribution < 1.29 is 0 Å². The van der Waals surface area contributed by atoms with Gasteiger partial charge in [0.05, 0.1) is 0 Å². The Hall–Kier alpha value is -1.32. The van der Waals surface area contributed by atoms with E-state index in [0.29, 0.717) is 6.04 Å². The van der Waals surface area contributed by atoms with Crippen LogP contribution in [0.3, 0.4) is 0 Å². The van der Waals surface area contributed by atoms with Crippen molar-refractivity contribution in [2.45, 2.75) is 46.6 Å². The lowest BCUT2D eigenvalue weighted by atomic mass is 10.2. The zero-order valence-electron chi connectivity index (χ0n) is 11.6. The van der Waals surface area contributed by atoms with Gasteiger partial charge in [0, 0.05) is 31.4 Å². The maximum atomic E-state index is 4.54. The molecule has 1 unspecified atom stereocenters. The molecular formula is C13H24N4. The topological polar surface area (TPSA) is 41.1 Å². The van der Waals surface area contributed by atoms with Crippen molar-refractivity contribution >= 4 is 11.8 Å². The van der Waals surface area contributed by atoms with Crippen LogP contribution in [0, 0.1) is 6.92 Å². The summed E-state index contributed by atoms with van der Waals surface area (Å²) in [4.78, 5) is 11.1. The predicted molar refractivity (Wildman–Crippen MR) is 73.7 cm³/mol. The van der Waals surface area contributed by atoms with Gasteiger partial charge in [0.25, 0.3) is 0 Å². The van der Waals surface area contributed by atoms with Crippen LogP contribution in [0.1, 0.15) is 39.3 Å². The SMILES string of the molecule is CCCNc1nc(C)cc(N(C)C(C)CC)n1. The molecule has 1 aromatic heterocycles. The number of anilines is 2. The molecule has 4 heteroatoms. The lowest BCUT2D eigenvalue weighted by molar-refractivity contribution is 0.656. The molecule has 0 saturated carbocycles. The third kappa shape index (κ3) is 3.88. The number of hydrogen-bond acceptors (Lipinski definition) is 4. The monoisotopic (exact) mass is 236 g/mol. The van der Waals surface area contributed by atoms with Crippen LogP contribution in [-0.4, -0.2) is 29.6 Å². The minimum Gasteiger partial charge on any atom is -0.357 e. The van der Waals surface area contributed by atoms with Crippen molar-refractivity contribution in [2.75, 3.05) is 23.8 Å². The third-order valence-corrected chi connectivity index (χ3v) is 2.99. The molecule has 1 atom stereocenters. The van der Waals surface area contributed by atoms with Crippen LogP contribution in [0.25, 0.3) is 0 Å². The minimum atomic E-state index is 0.489. The molecule has 0 bridgehead atoms. The molecular weight excluding hydrogens is 212 g/mol. The fourth-order valence-corrected chi connectivity index (χ4v) is 1.55. The molecule has 0 radical (unpaired) electrons. The summed E-state index contributed by atoms with van der Waals surface area (Å²) in [5.74, 6) is 1.72. The summed E-state index contributed by atoms with van der Waals surface area (Å²) in [6, 6.07) is 2.52. The second kappa shape index (κ2) is 6.42. The quantitative estimate of drug-likeness (QED) is 0.824. The second-order valence-corrected chi connectivity index (χ2v) is 4.49. The van der Waals surface area contributed by atoms with Gasteiger partial charge < -0.3 is 10.2 Å². The van der Waals surface area contributed by atoms with Gasteiger partial charge in [0.1, 0.15) is 5.82 Å². The van der Waals surface area contributed by atoms with Crippen molar-refractivity contribution in [3.8, 4) is 0 Å². The molecule has 0 aliphatic rings. The van der Waals surface area contributed by atoms with E-state index in [4.69, 9.17) is 0 Å². The molecule has 0 aromatic carbocycles. The number of nitrogens with one attached hydrogen (secondary N) is 1. The number of rotatable bonds is 6. The summed E-state index contributed by atoms with van der Waals surface area (Å²) in [6.07, 6.45) is 2.19. The standard InChI is InChI=1S/C13H24N4/c1-6-8-14-13-15-10(3)9-12(16-13)17(5)11(4)7-2/h9,11H,6-8H2,1-5H3,(H,14,15,16). The van der Waals surface area contributed by atoms with E-state index in [1.54, 1.807) is 0 Å². The molecule has 0 aliphatic heterocycles. The average molecular weight is 236 g/mol. The Balaban J connectivity index is 2.88. The Labute approximate surface area is 104 Å². The van der Waals surface area contributed by atoms with Gasteiger partial charge in [-0.25, -0.2) is 4.98 Å². The first-order valence-corrected chi connectivity index (χ1v) is 6.40. The van der Waals surface area contributed by atoms with Crippen LogP contribution >= 0.6 is 0 Å². The Kier molecular flexibility index (Phi) is 5.19. The summed E-state index contributed by atoms with van der Waals surface area (Å²) < 4.78 is 0. The van der Waals surface area contributed by atoms with Gasteiger partial charge in [-0.2, -0.15) is 4.98 Å². The smallest absolute Gasteiger partial charge is 0.224 e. The predicted octanol–water partition coefficient (Wildman–Crippen LogP) is 2.84. The van der Waals surface area contributed by atoms with Gasteiger partial charge >= 0.3 is 0 Å². The van der Waals surface area contributed by atoms with Crippen LogP contribution < -0.4 is 10.2 Å². The number of hydrogen-bond donors (Lipinski definition) is 1. The highest BCUT2D eigenvalue weighted by Crippen LogP contribution is 2.16. The van der Waals surface area contributed by atoms with Crippen LogP contribution in [0.15, 0.2) is 6.07 Å². The largest absolute Gasteiger partial charge is 0.357 e. The van der Waals surface area contributed by atoms with Crippen molar-refractivity contribution in [2.24, 2.45) is 0 Å². The zero-order valence-corrected chi connectivity index (χ0v) is 11.6. The zero-order chi connectivity index (χ0) is 12.8. The van der Waals surface area contributed by atoms with Gasteiger partial charge in [0.15, 0.2) is 0 Å². The molecule has 0 aliphatic carbocycles. The van der Waals surface area contributed by atoms with E-state index in [1.807, 2.05) is 13.0 Å². The lowest BCUT2D eigenvalue weighted by Gasteiger charge is -2.25. The van der Waals surface area contributed by atoms with E-state index in [9.17, 15) is 0 Å². The maximum absolute atomic E-state index is 4.54. The van der Waals surface area contributed by atoms with Crippen molar-refractivity contribution in [3.05, 3.63) is 11.8 Å². The highest BCUT2D eigenvalue weighted by atomic mass is 15.2. The average Bonchev–Trinajstić information content (AvgIpc) is 2.33. The van der Waals surface area contributed by atoms with Crippen molar-refractivity contribution in [3.63, 3.8) is 0 Å². The van der Waals surface area contributed by atoms with E-state index in [0.717, 1.165) is 36.8 Å². The highest BCUT2D eigenvalue weighted by molar-refractivity contribution is 5.44. The van der Waals surface area contributed by atoms with Gasteiger partial charge in [-0.3, -0.25) is 0 Å². The van der Waals surface area contributed by atoms with Gasteiger partial charge in [-0.15, -0.1) is 0 Å². The summed E-state index contributed by atoms with van der Waals surface area (Å²) >= 11 is 0. The fraction of sp³-hybridized carbons (Fsp3) is 0.692. The minimum absolute atomic E-state index is 0.489. The Bertz CT molecular complexity index is 351. The first-order chi connectivity index (χ1) is 8.08. The molecule has 1 N–H and O–H groups in total. The summed E-state index contributed by atoms with van der Waals surface area (Å²) in [5.41, 5.74) is 1.00. The molecule has 17 heavy (non-hydrogen) atoms. The van der Waals surface area contributed by atoms with Gasteiger partial charge in [-0.05, 0) is 26.7 Å². The van der Waals surface area contributed by atoms with Crippen LogP contribution in [0.5, 0.6) is 0 Å². The number of nitrogens with zero attached hydrogens (tertiary/aromatic N) is 3. The fourth-order valence-electron chi connectivity index (χ4n) is 1.55. The molecule has 96 valence electrons. The molecule has 1 heterocycles. The van der Waals surface area contributed by atoms with Crippen LogP contribution in [-0.2, 0) is 0 Å². The Morgan fingerprint density at radius 3 is 2.65 bits per heavy atom. The van der Waals surface area contributed by atoms with Crippen molar-refractivity contribution in [1.82, 2.24) is 9.97 Å². The van der Waals surface area contributed by atoms with Crippen molar-refractivity contribution in [1.29, 1.82) is 0 Å². The van der Waals surface area contributed by atoms with E-state index in [2.05, 4.69) is 48.0 Å². The number of aryl methyl sites for hydroxylation is 1. The first kappa shape index (κ1) is 13.7. The summed E-state index contributed by atoms with van der Waals surface area (Å²) in [5, 5.41) is 3.24. The lowest BCUT2D eigenvalue weighted by Crippen LogP contribution is -2.29. The van der Waals surface area contributed by atoms with E-state index >= 15 is 0 Å². The summed E-state index contributed by atoms with van der Waals surface area (Å²) in [7, 11) is 2.08. The Morgan fingerprint density at radius 2 is 2.06 bits per heavy atom. The molecule has 4 nitrogen and oxygen atoms in total. The van der Waals surface area contributed by atoms with Gasteiger partial charge in [-0.1, -0.05) is 13.8 Å². The van der Waals surface area contributed by atoms with E-state index in [1.165, 1.54) is 0 Å². The molecule has 0 saturated heterocycles. The first-order valence-electron chi connectivity index (χ1n) is 6.40. The molecule has 1 aromatic rings. The van der Waals surface area contributed by atoms with E-state index in [-0.39, 0.29) is 0 Å². The van der Waals surface area contributed by atoms with Gasteiger partial charge in [0.2, 0.25) is 5.95 Å². The van der Waals surface area contributed by atoms with Crippen LogP contribution in [0.2, 0.25) is 0 Å².